The molecule has 0 aliphatic carbocycles. The van der Waals surface area contributed by atoms with E-state index in [2.05, 4.69) is 24.8 Å². The Bertz CT molecular complexity index is 1130. The second-order valence-corrected chi connectivity index (χ2v) is 9.98. The molecule has 1 unspecified atom stereocenters. The standard InChI is InChI=1S/C22H24N4O3S/c1-22(2)9-19-20(26(27)13-22)24-21(30-19)25-5-6-28-12-16(25)8-15-11-29-18-4-3-14(10-23)7-17(15)18/h3-4,7,11,16,26H,5-6,8-9,12-13H2,1-2H3/t16-/m0/s1. The zero-order valence-electron chi connectivity index (χ0n) is 17.1. The zero-order valence-corrected chi connectivity index (χ0v) is 17.9. The molecule has 3 aromatic rings. The van der Waals surface area contributed by atoms with E-state index in [4.69, 9.17) is 14.1 Å². The Morgan fingerprint density at radius 3 is 3.13 bits per heavy atom. The van der Waals surface area contributed by atoms with Crippen molar-refractivity contribution in [2.24, 2.45) is 5.41 Å². The number of nitrogens with one attached hydrogen (secondary N) is 1. The fraction of sp³-hybridized carbons (Fsp3) is 0.455. The van der Waals surface area contributed by atoms with Gasteiger partial charge in [0.25, 0.3) is 0 Å². The molecule has 0 spiro atoms. The number of nitrogens with zero attached hydrogens (tertiary/aromatic N) is 3. The molecule has 1 fully saturated rings. The van der Waals surface area contributed by atoms with Crippen LogP contribution in [0.3, 0.4) is 0 Å². The first-order chi connectivity index (χ1) is 14.4. The van der Waals surface area contributed by atoms with Gasteiger partial charge in [0.15, 0.2) is 5.13 Å². The Balaban J connectivity index is 1.45. The Morgan fingerprint density at radius 1 is 1.43 bits per heavy atom. The van der Waals surface area contributed by atoms with Gasteiger partial charge in [0.05, 0.1) is 48.6 Å². The van der Waals surface area contributed by atoms with Crippen molar-refractivity contribution in [2.75, 3.05) is 31.2 Å². The molecule has 7 nitrogen and oxygen atoms in total. The highest BCUT2D eigenvalue weighted by atomic mass is 32.1. The van der Waals surface area contributed by atoms with Gasteiger partial charge in [0, 0.05) is 29.3 Å². The van der Waals surface area contributed by atoms with Crippen LogP contribution in [0.1, 0.15) is 29.9 Å². The number of quaternary nitrogens is 1. The third-order valence-corrected chi connectivity index (χ3v) is 7.03. The van der Waals surface area contributed by atoms with Crippen molar-refractivity contribution >= 4 is 33.3 Å². The lowest BCUT2D eigenvalue weighted by Gasteiger charge is -2.35. The Morgan fingerprint density at radius 2 is 2.30 bits per heavy atom. The van der Waals surface area contributed by atoms with E-state index in [1.54, 1.807) is 23.7 Å². The van der Waals surface area contributed by atoms with Crippen LogP contribution in [0.4, 0.5) is 10.9 Å². The molecule has 8 heteroatoms. The van der Waals surface area contributed by atoms with Crippen LogP contribution in [-0.4, -0.2) is 37.3 Å². The van der Waals surface area contributed by atoms with Crippen molar-refractivity contribution < 1.29 is 14.2 Å². The smallest absolute Gasteiger partial charge is 0.242 e. The largest absolute Gasteiger partial charge is 0.628 e. The normalized spacial score (nSPS) is 23.3. The van der Waals surface area contributed by atoms with E-state index in [1.807, 2.05) is 12.1 Å². The van der Waals surface area contributed by atoms with E-state index in [0.29, 0.717) is 31.1 Å². The van der Waals surface area contributed by atoms with Crippen molar-refractivity contribution in [1.82, 2.24) is 4.98 Å². The summed E-state index contributed by atoms with van der Waals surface area (Å²) < 4.78 is 11.5. The molecule has 156 valence electrons. The van der Waals surface area contributed by atoms with E-state index < -0.39 is 0 Å². The fourth-order valence-corrected chi connectivity index (χ4v) is 5.89. The lowest BCUT2D eigenvalue weighted by Crippen LogP contribution is -3.05. The zero-order chi connectivity index (χ0) is 20.9. The summed E-state index contributed by atoms with van der Waals surface area (Å²) in [6.45, 7) is 6.82. The first-order valence-electron chi connectivity index (χ1n) is 10.2. The minimum Gasteiger partial charge on any atom is -0.628 e. The molecular weight excluding hydrogens is 400 g/mol. The van der Waals surface area contributed by atoms with Crippen molar-refractivity contribution in [1.29, 1.82) is 5.26 Å². The number of thiazole rings is 1. The molecule has 30 heavy (non-hydrogen) atoms. The number of hydroxylamine groups is 1. The van der Waals surface area contributed by atoms with Gasteiger partial charge in [-0.15, -0.1) is 0 Å². The van der Waals surface area contributed by atoms with Crippen LogP contribution in [0.15, 0.2) is 28.9 Å². The summed E-state index contributed by atoms with van der Waals surface area (Å²) in [4.78, 5) is 8.14. The first-order valence-corrected chi connectivity index (χ1v) is 11.0. The summed E-state index contributed by atoms with van der Waals surface area (Å²) in [5, 5.41) is 23.9. The number of rotatable bonds is 3. The monoisotopic (exact) mass is 424 g/mol. The van der Waals surface area contributed by atoms with Gasteiger partial charge in [-0.25, -0.2) is 0 Å². The summed E-state index contributed by atoms with van der Waals surface area (Å²) in [5.41, 5.74) is 2.45. The number of anilines is 1. The van der Waals surface area contributed by atoms with E-state index >= 15 is 0 Å². The molecule has 1 aromatic carbocycles. The molecule has 0 radical (unpaired) electrons. The summed E-state index contributed by atoms with van der Waals surface area (Å²) >= 11 is 1.65. The third kappa shape index (κ3) is 3.48. The van der Waals surface area contributed by atoms with Gasteiger partial charge in [-0.1, -0.05) is 25.2 Å². The summed E-state index contributed by atoms with van der Waals surface area (Å²) in [7, 11) is 0. The minimum atomic E-state index is -0.00749. The summed E-state index contributed by atoms with van der Waals surface area (Å²) in [6, 6.07) is 7.78. The van der Waals surface area contributed by atoms with Crippen molar-refractivity contribution in [2.45, 2.75) is 32.7 Å². The number of ether oxygens (including phenoxy) is 1. The van der Waals surface area contributed by atoms with Gasteiger partial charge >= 0.3 is 0 Å². The van der Waals surface area contributed by atoms with E-state index in [1.165, 1.54) is 0 Å². The first kappa shape index (κ1) is 19.5. The predicted octanol–water partition coefficient (Wildman–Crippen LogP) is 2.81. The van der Waals surface area contributed by atoms with Crippen LogP contribution in [0.25, 0.3) is 11.0 Å². The van der Waals surface area contributed by atoms with Crippen LogP contribution in [-0.2, 0) is 17.6 Å². The molecular formula is C22H24N4O3S. The second kappa shape index (κ2) is 7.36. The predicted molar refractivity (Wildman–Crippen MR) is 115 cm³/mol. The quantitative estimate of drug-likeness (QED) is 0.651. The van der Waals surface area contributed by atoms with Gasteiger partial charge in [0.2, 0.25) is 5.82 Å². The van der Waals surface area contributed by atoms with Crippen molar-refractivity contribution in [3.8, 4) is 6.07 Å². The molecule has 0 saturated carbocycles. The van der Waals surface area contributed by atoms with Crippen molar-refractivity contribution in [3.05, 3.63) is 45.7 Å². The van der Waals surface area contributed by atoms with Gasteiger partial charge in [-0.2, -0.15) is 10.2 Å². The SMILES string of the molecule is CC1(C)Cc2sc(N3CCOC[C@@H]3Cc3coc4ccc(C#N)cc34)nc2[NH+]([O-])C1. The van der Waals surface area contributed by atoms with E-state index in [-0.39, 0.29) is 16.5 Å². The van der Waals surface area contributed by atoms with E-state index in [9.17, 15) is 10.5 Å². The van der Waals surface area contributed by atoms with Gasteiger partial charge in [0.1, 0.15) is 5.58 Å². The number of aromatic nitrogens is 1. The van der Waals surface area contributed by atoms with E-state index in [0.717, 1.165) is 45.9 Å². The molecule has 2 aliphatic heterocycles. The third-order valence-electron chi connectivity index (χ3n) is 5.94. The Labute approximate surface area is 179 Å². The van der Waals surface area contributed by atoms with Crippen LogP contribution >= 0.6 is 11.3 Å². The van der Waals surface area contributed by atoms with Crippen LogP contribution in [0.2, 0.25) is 0 Å². The molecule has 2 atom stereocenters. The average Bonchev–Trinajstić information content (AvgIpc) is 3.31. The van der Waals surface area contributed by atoms with Crippen LogP contribution < -0.4 is 9.96 Å². The molecule has 1 N–H and O–H groups in total. The Kier molecular flexibility index (Phi) is 4.79. The number of morpholine rings is 1. The molecule has 2 aromatic heterocycles. The average molecular weight is 425 g/mol. The number of hydrogen-bond donors (Lipinski definition) is 1. The minimum absolute atomic E-state index is 0.00749. The summed E-state index contributed by atoms with van der Waals surface area (Å²) in [5.74, 6) is 0.659. The lowest BCUT2D eigenvalue weighted by atomic mass is 9.86. The maximum Gasteiger partial charge on any atom is 0.242 e. The van der Waals surface area contributed by atoms with Gasteiger partial charge < -0.3 is 24.3 Å². The Hall–Kier alpha value is -2.44. The highest BCUT2D eigenvalue weighted by Crippen LogP contribution is 2.37. The molecule has 0 amide bonds. The number of hydrogen-bond acceptors (Lipinski definition) is 7. The maximum absolute atomic E-state index is 12.6. The topological polar surface area (TPSA) is 89.8 Å². The van der Waals surface area contributed by atoms with Crippen LogP contribution in [0.5, 0.6) is 0 Å². The number of furan rings is 1. The number of nitriles is 1. The molecule has 1 saturated heterocycles. The highest BCUT2D eigenvalue weighted by Gasteiger charge is 2.36. The van der Waals surface area contributed by atoms with Gasteiger partial charge in [-0.05, 0) is 24.6 Å². The lowest BCUT2D eigenvalue weighted by molar-refractivity contribution is -0.790. The fourth-order valence-electron chi connectivity index (χ4n) is 4.45. The van der Waals surface area contributed by atoms with Crippen LogP contribution in [0, 0.1) is 22.0 Å². The highest BCUT2D eigenvalue weighted by molar-refractivity contribution is 7.16. The maximum atomic E-state index is 12.6. The second-order valence-electron chi connectivity index (χ2n) is 8.92. The molecule has 5 rings (SSSR count). The number of fused-ring (bicyclic) bond motifs is 2. The summed E-state index contributed by atoms with van der Waals surface area (Å²) in [6.07, 6.45) is 3.40. The number of benzene rings is 1. The molecule has 2 aliphatic rings. The molecule has 0 bridgehead atoms. The molecule has 4 heterocycles. The van der Waals surface area contributed by atoms with Crippen molar-refractivity contribution in [3.63, 3.8) is 0 Å². The van der Waals surface area contributed by atoms with Gasteiger partial charge in [-0.3, -0.25) is 0 Å².